The standard InChI is InChI=1S/C17H30N2O/c1-12(2)10-19-11-15-14-6-8-18(9-7-14)17(15)16(19)5-4-13(3)20/h12,14-17H,4-11H2,1-3H3. The highest BCUT2D eigenvalue weighted by atomic mass is 16.1. The summed E-state index contributed by atoms with van der Waals surface area (Å²) in [6.45, 7) is 11.5. The molecular weight excluding hydrogens is 248 g/mol. The fraction of sp³-hybridized carbons (Fsp3) is 0.941. The number of ketones is 1. The van der Waals surface area contributed by atoms with Crippen molar-refractivity contribution in [3.63, 3.8) is 0 Å². The summed E-state index contributed by atoms with van der Waals surface area (Å²) in [4.78, 5) is 16.9. The second-order valence-electron chi connectivity index (χ2n) is 7.68. The molecule has 0 saturated carbocycles. The number of carbonyl (C=O) groups is 1. The first-order chi connectivity index (χ1) is 9.56. The summed E-state index contributed by atoms with van der Waals surface area (Å²) in [5.41, 5.74) is 0. The van der Waals surface area contributed by atoms with Gasteiger partial charge in [0.2, 0.25) is 0 Å². The second kappa shape index (κ2) is 5.76. The molecule has 3 nitrogen and oxygen atoms in total. The molecule has 4 aliphatic heterocycles. The summed E-state index contributed by atoms with van der Waals surface area (Å²) < 4.78 is 0. The van der Waals surface area contributed by atoms with Crippen LogP contribution in [0.25, 0.3) is 0 Å². The van der Waals surface area contributed by atoms with Crippen molar-refractivity contribution in [2.75, 3.05) is 26.2 Å². The molecule has 0 amide bonds. The highest BCUT2D eigenvalue weighted by molar-refractivity contribution is 5.75. The molecule has 4 saturated heterocycles. The second-order valence-corrected chi connectivity index (χ2v) is 7.68. The van der Waals surface area contributed by atoms with Gasteiger partial charge in [-0.2, -0.15) is 0 Å². The Kier molecular flexibility index (Phi) is 4.19. The van der Waals surface area contributed by atoms with Crippen LogP contribution in [-0.4, -0.2) is 53.8 Å². The van der Waals surface area contributed by atoms with E-state index in [0.717, 1.165) is 36.6 Å². The molecule has 0 N–H and O–H groups in total. The van der Waals surface area contributed by atoms with E-state index in [0.29, 0.717) is 11.8 Å². The summed E-state index contributed by atoms with van der Waals surface area (Å²) in [7, 11) is 0. The molecule has 4 heterocycles. The maximum atomic E-state index is 11.4. The third-order valence-corrected chi connectivity index (χ3v) is 5.74. The van der Waals surface area contributed by atoms with Crippen molar-refractivity contribution in [3.05, 3.63) is 0 Å². The number of Topliss-reactive ketones (excluding diaryl/α,β-unsaturated/α-hetero) is 1. The Labute approximate surface area is 123 Å². The summed E-state index contributed by atoms with van der Waals surface area (Å²) in [6.07, 6.45) is 4.67. The molecule has 3 heteroatoms. The molecule has 3 unspecified atom stereocenters. The topological polar surface area (TPSA) is 23.6 Å². The van der Waals surface area contributed by atoms with Crippen LogP contribution >= 0.6 is 0 Å². The highest BCUT2D eigenvalue weighted by Crippen LogP contribution is 2.45. The van der Waals surface area contributed by atoms with Crippen LogP contribution < -0.4 is 0 Å². The van der Waals surface area contributed by atoms with Crippen molar-refractivity contribution in [2.24, 2.45) is 17.8 Å². The average Bonchev–Trinajstić information content (AvgIpc) is 2.77. The predicted molar refractivity (Wildman–Crippen MR) is 81.7 cm³/mol. The number of carbonyl (C=O) groups excluding carboxylic acids is 1. The van der Waals surface area contributed by atoms with Gasteiger partial charge in [-0.25, -0.2) is 0 Å². The lowest BCUT2D eigenvalue weighted by atomic mass is 9.73. The molecule has 20 heavy (non-hydrogen) atoms. The third kappa shape index (κ3) is 2.67. The lowest BCUT2D eigenvalue weighted by molar-refractivity contribution is -0.117. The van der Waals surface area contributed by atoms with Gasteiger partial charge in [0.15, 0.2) is 0 Å². The lowest BCUT2D eigenvalue weighted by Crippen LogP contribution is -2.57. The fourth-order valence-electron chi connectivity index (χ4n) is 4.99. The van der Waals surface area contributed by atoms with E-state index in [1.807, 2.05) is 0 Å². The first kappa shape index (κ1) is 14.5. The van der Waals surface area contributed by atoms with Gasteiger partial charge in [0.1, 0.15) is 5.78 Å². The van der Waals surface area contributed by atoms with Crippen LogP contribution in [0.2, 0.25) is 0 Å². The predicted octanol–water partition coefficient (Wildman–Crippen LogP) is 2.41. The van der Waals surface area contributed by atoms with Crippen LogP contribution in [0.15, 0.2) is 0 Å². The zero-order valence-electron chi connectivity index (χ0n) is 13.3. The Morgan fingerprint density at radius 3 is 2.55 bits per heavy atom. The van der Waals surface area contributed by atoms with E-state index in [4.69, 9.17) is 0 Å². The molecular formula is C17H30N2O. The van der Waals surface area contributed by atoms with Gasteiger partial charge in [-0.3, -0.25) is 9.80 Å². The number of rotatable bonds is 5. The van der Waals surface area contributed by atoms with Gasteiger partial charge in [0, 0.05) is 31.6 Å². The van der Waals surface area contributed by atoms with E-state index < -0.39 is 0 Å². The third-order valence-electron chi connectivity index (χ3n) is 5.74. The van der Waals surface area contributed by atoms with Crippen molar-refractivity contribution in [1.82, 2.24) is 9.80 Å². The van der Waals surface area contributed by atoms with Crippen molar-refractivity contribution in [3.8, 4) is 0 Å². The van der Waals surface area contributed by atoms with E-state index >= 15 is 0 Å². The molecule has 114 valence electrons. The van der Waals surface area contributed by atoms with Gasteiger partial charge >= 0.3 is 0 Å². The SMILES string of the molecule is CC(=O)CCC1C2C(CN1CC(C)C)C1CCN2CC1. The molecule has 4 rings (SSSR count). The molecule has 0 aromatic carbocycles. The normalized spacial score (nSPS) is 40.3. The number of nitrogens with zero attached hydrogens (tertiary/aromatic N) is 2. The van der Waals surface area contributed by atoms with E-state index in [1.54, 1.807) is 6.92 Å². The smallest absolute Gasteiger partial charge is 0.129 e. The van der Waals surface area contributed by atoms with E-state index in [-0.39, 0.29) is 0 Å². The number of piperidine rings is 3. The Morgan fingerprint density at radius 1 is 1.25 bits per heavy atom. The Hall–Kier alpha value is -0.410. The van der Waals surface area contributed by atoms with Gasteiger partial charge in [-0.1, -0.05) is 13.8 Å². The zero-order chi connectivity index (χ0) is 14.3. The summed E-state index contributed by atoms with van der Waals surface area (Å²) in [5.74, 6) is 2.92. The first-order valence-electron chi connectivity index (χ1n) is 8.53. The molecule has 0 spiro atoms. The molecule has 0 aromatic rings. The van der Waals surface area contributed by atoms with Crippen LogP contribution in [0.4, 0.5) is 0 Å². The molecule has 0 radical (unpaired) electrons. The maximum absolute atomic E-state index is 11.4. The Morgan fingerprint density at radius 2 is 1.95 bits per heavy atom. The van der Waals surface area contributed by atoms with Crippen molar-refractivity contribution in [2.45, 2.75) is 58.5 Å². The Bertz CT molecular complexity index is 360. The van der Waals surface area contributed by atoms with Gasteiger partial charge in [-0.15, -0.1) is 0 Å². The van der Waals surface area contributed by atoms with Crippen LogP contribution in [0.5, 0.6) is 0 Å². The molecule has 4 aliphatic rings. The van der Waals surface area contributed by atoms with Gasteiger partial charge in [-0.05, 0) is 57.0 Å². The molecule has 4 fully saturated rings. The van der Waals surface area contributed by atoms with E-state index in [9.17, 15) is 4.79 Å². The number of hydrogen-bond acceptors (Lipinski definition) is 3. The summed E-state index contributed by atoms with van der Waals surface area (Å²) >= 11 is 0. The first-order valence-corrected chi connectivity index (χ1v) is 8.53. The quantitative estimate of drug-likeness (QED) is 0.771. The molecule has 0 aliphatic carbocycles. The van der Waals surface area contributed by atoms with Crippen LogP contribution in [0.3, 0.4) is 0 Å². The van der Waals surface area contributed by atoms with Crippen molar-refractivity contribution < 1.29 is 4.79 Å². The van der Waals surface area contributed by atoms with Gasteiger partial charge in [0.25, 0.3) is 0 Å². The zero-order valence-corrected chi connectivity index (χ0v) is 13.3. The largest absolute Gasteiger partial charge is 0.300 e. The maximum Gasteiger partial charge on any atom is 0.129 e. The summed E-state index contributed by atoms with van der Waals surface area (Å²) in [6, 6.07) is 1.38. The van der Waals surface area contributed by atoms with Crippen LogP contribution in [0, 0.1) is 17.8 Å². The minimum atomic E-state index is 0.355. The van der Waals surface area contributed by atoms with Gasteiger partial charge < -0.3 is 4.79 Å². The monoisotopic (exact) mass is 278 g/mol. The van der Waals surface area contributed by atoms with Crippen LogP contribution in [-0.2, 0) is 4.79 Å². The minimum Gasteiger partial charge on any atom is -0.300 e. The van der Waals surface area contributed by atoms with Crippen LogP contribution in [0.1, 0.15) is 46.5 Å². The van der Waals surface area contributed by atoms with Crippen molar-refractivity contribution >= 4 is 5.78 Å². The minimum absolute atomic E-state index is 0.355. The summed E-state index contributed by atoms with van der Waals surface area (Å²) in [5, 5.41) is 0. The molecule has 0 aromatic heterocycles. The number of fused-ring (bicyclic) bond motifs is 2. The molecule has 2 bridgehead atoms. The van der Waals surface area contributed by atoms with E-state index in [1.165, 1.54) is 39.0 Å². The molecule has 3 atom stereocenters. The lowest BCUT2D eigenvalue weighted by Gasteiger charge is -2.49. The van der Waals surface area contributed by atoms with Crippen molar-refractivity contribution in [1.29, 1.82) is 0 Å². The Balaban J connectivity index is 1.75. The fourth-order valence-corrected chi connectivity index (χ4v) is 4.99. The van der Waals surface area contributed by atoms with Gasteiger partial charge in [0.05, 0.1) is 0 Å². The van der Waals surface area contributed by atoms with E-state index in [2.05, 4.69) is 23.6 Å². The number of hydrogen-bond donors (Lipinski definition) is 0. The highest BCUT2D eigenvalue weighted by Gasteiger charge is 2.51. The average molecular weight is 278 g/mol. The number of likely N-dealkylation sites (tertiary alicyclic amines) is 1.